The highest BCUT2D eigenvalue weighted by molar-refractivity contribution is 6.46. The number of fused-ring (bicyclic) bond motifs is 3. The fraction of sp³-hybridized carbons (Fsp3) is 0.500. The Bertz CT molecular complexity index is 1310. The van der Waals surface area contributed by atoms with Gasteiger partial charge in [-0.05, 0) is 61.1 Å². The van der Waals surface area contributed by atoms with E-state index in [0.29, 0.717) is 12.0 Å². The van der Waals surface area contributed by atoms with Crippen molar-refractivity contribution in [1.29, 1.82) is 0 Å². The molecule has 214 valence electrons. The molecule has 2 aromatic rings. The van der Waals surface area contributed by atoms with E-state index in [4.69, 9.17) is 4.74 Å². The van der Waals surface area contributed by atoms with Gasteiger partial charge in [0.1, 0.15) is 0 Å². The van der Waals surface area contributed by atoms with Crippen molar-refractivity contribution in [3.05, 3.63) is 63.2 Å². The van der Waals surface area contributed by atoms with Gasteiger partial charge in [0.2, 0.25) is 5.78 Å². The highest BCUT2D eigenvalue weighted by Gasteiger charge is 2.40. The third-order valence-electron chi connectivity index (χ3n) is 7.46. The zero-order valence-corrected chi connectivity index (χ0v) is 24.2. The minimum Gasteiger partial charge on any atom is -0.463 e. The molecule has 0 N–H and O–H groups in total. The Balaban J connectivity index is 1.99. The summed E-state index contributed by atoms with van der Waals surface area (Å²) in [7, 11) is 0. The van der Waals surface area contributed by atoms with Crippen LogP contribution >= 0.6 is 0 Å². The average molecular weight is 549 g/mol. The van der Waals surface area contributed by atoms with E-state index in [1.54, 1.807) is 32.0 Å². The first-order valence-corrected chi connectivity index (χ1v) is 14.2. The number of carbonyl (C=O) groups excluding carboxylic acids is 3. The topological polar surface area (TPSA) is 116 Å². The lowest BCUT2D eigenvalue weighted by molar-refractivity contribution is -0.384. The number of nitrogens with zero attached hydrogens (tertiary/aromatic N) is 2. The quantitative estimate of drug-likeness (QED) is 0.0765. The number of benzene rings is 2. The number of hydrogen-bond acceptors (Lipinski definition) is 7. The van der Waals surface area contributed by atoms with E-state index < -0.39 is 11.4 Å². The fourth-order valence-corrected chi connectivity index (χ4v) is 5.27. The van der Waals surface area contributed by atoms with Gasteiger partial charge in [-0.1, -0.05) is 52.2 Å². The molecule has 0 fully saturated rings. The van der Waals surface area contributed by atoms with Gasteiger partial charge >= 0.3 is 5.97 Å². The van der Waals surface area contributed by atoms with Crippen molar-refractivity contribution in [3.8, 4) is 11.1 Å². The summed E-state index contributed by atoms with van der Waals surface area (Å²) in [5, 5.41) is 11.5. The van der Waals surface area contributed by atoms with Crippen molar-refractivity contribution < 1.29 is 24.0 Å². The summed E-state index contributed by atoms with van der Waals surface area (Å²) < 4.78 is 5.23. The number of unbranched alkanes of at least 4 members (excludes halogenated alkanes) is 2. The Hall–Kier alpha value is -3.68. The first-order valence-electron chi connectivity index (χ1n) is 14.2. The van der Waals surface area contributed by atoms with E-state index in [0.717, 1.165) is 54.4 Å². The molecule has 0 heterocycles. The molecule has 0 aliphatic heterocycles. The van der Waals surface area contributed by atoms with Crippen molar-refractivity contribution in [2.75, 3.05) is 6.54 Å². The summed E-state index contributed by atoms with van der Waals surface area (Å²) in [5.41, 5.74) is 3.85. The Labute approximate surface area is 236 Å². The number of non-ortho nitro benzene ring substituents is 1. The minimum absolute atomic E-state index is 0.0137. The van der Waals surface area contributed by atoms with E-state index in [-0.39, 0.29) is 53.4 Å². The highest BCUT2D eigenvalue weighted by atomic mass is 16.6. The summed E-state index contributed by atoms with van der Waals surface area (Å²) in [5.74, 6) is -0.802. The molecule has 1 atom stereocenters. The maximum Gasteiger partial charge on any atom is 0.306 e. The van der Waals surface area contributed by atoms with Crippen LogP contribution in [0.25, 0.3) is 11.1 Å². The molecule has 1 aliphatic rings. The molecule has 40 heavy (non-hydrogen) atoms. The number of esters is 1. The largest absolute Gasteiger partial charge is 0.463 e. The van der Waals surface area contributed by atoms with E-state index in [9.17, 15) is 24.5 Å². The number of ketones is 2. The molecule has 1 aliphatic carbocycles. The zero-order chi connectivity index (χ0) is 29.4. The lowest BCUT2D eigenvalue weighted by atomic mass is 9.75. The van der Waals surface area contributed by atoms with Crippen LogP contribution in [0.3, 0.4) is 0 Å². The lowest BCUT2D eigenvalue weighted by Crippen LogP contribution is -2.23. The molecule has 2 aromatic carbocycles. The maximum absolute atomic E-state index is 13.8. The van der Waals surface area contributed by atoms with Gasteiger partial charge in [-0.15, -0.1) is 0 Å². The molecule has 0 saturated heterocycles. The Kier molecular flexibility index (Phi) is 10.5. The maximum atomic E-state index is 13.8. The van der Waals surface area contributed by atoms with Gasteiger partial charge < -0.3 is 4.74 Å². The summed E-state index contributed by atoms with van der Waals surface area (Å²) in [6.07, 6.45) is 4.49. The van der Waals surface area contributed by atoms with E-state index in [1.807, 2.05) is 19.1 Å². The van der Waals surface area contributed by atoms with Crippen molar-refractivity contribution in [1.82, 2.24) is 0 Å². The lowest BCUT2D eigenvalue weighted by Gasteiger charge is -2.27. The molecular weight excluding hydrogens is 508 g/mol. The molecule has 3 rings (SSSR count). The van der Waals surface area contributed by atoms with Crippen LogP contribution in [-0.4, -0.2) is 40.8 Å². The number of ether oxygens (including phenoxy) is 1. The van der Waals surface area contributed by atoms with Crippen molar-refractivity contribution in [2.45, 2.75) is 97.5 Å². The van der Waals surface area contributed by atoms with Crippen LogP contribution in [0.1, 0.15) is 107 Å². The van der Waals surface area contributed by atoms with Crippen LogP contribution < -0.4 is 0 Å². The van der Waals surface area contributed by atoms with Crippen molar-refractivity contribution >= 4 is 28.9 Å². The van der Waals surface area contributed by atoms with Crippen LogP contribution in [0.4, 0.5) is 5.69 Å². The molecular formula is C32H40N2O6. The highest BCUT2D eigenvalue weighted by Crippen LogP contribution is 2.52. The van der Waals surface area contributed by atoms with Crippen LogP contribution in [0.2, 0.25) is 0 Å². The van der Waals surface area contributed by atoms with E-state index in [2.05, 4.69) is 18.8 Å². The average Bonchev–Trinajstić information content (AvgIpc) is 3.17. The number of nitro benzene ring substituents is 1. The first-order chi connectivity index (χ1) is 19.0. The van der Waals surface area contributed by atoms with Crippen molar-refractivity contribution in [3.63, 3.8) is 0 Å². The number of rotatable bonds is 15. The van der Waals surface area contributed by atoms with Crippen LogP contribution in [0.15, 0.2) is 41.4 Å². The van der Waals surface area contributed by atoms with Gasteiger partial charge in [0.15, 0.2) is 5.78 Å². The molecule has 1 unspecified atom stereocenters. The molecule has 0 bridgehead atoms. The third kappa shape index (κ3) is 7.09. The summed E-state index contributed by atoms with van der Waals surface area (Å²) in [4.78, 5) is 53.9. The Morgan fingerprint density at radius 2 is 1.60 bits per heavy atom. The first kappa shape index (κ1) is 30.9. The number of aliphatic imine (C=N–C) groups is 1. The fourth-order valence-electron chi connectivity index (χ4n) is 5.27. The normalized spacial score (nSPS) is 16.0. The standard InChI is InChI=1S/C32H40N2O6/c1-6-8-10-24(35)20-33-29(15-16-30(36)40-21(3)4)31(37)22-11-13-25-26-14-12-23(34(38)39)19-28(26)32(5,17-9-7-2)27(25)18-22/h11-14,18-19,21H,6-10,15-17,20H2,1-5H3. The zero-order valence-electron chi connectivity index (χ0n) is 24.2. The van der Waals surface area contributed by atoms with Gasteiger partial charge in [0, 0.05) is 36.0 Å². The monoisotopic (exact) mass is 548 g/mol. The van der Waals surface area contributed by atoms with Crippen LogP contribution in [0, 0.1) is 10.1 Å². The Morgan fingerprint density at radius 3 is 2.23 bits per heavy atom. The SMILES string of the molecule is CCCCC(=O)CN=C(CCC(=O)OC(C)C)C(=O)c1ccc2c(c1)C(C)(CCCC)c1cc([N+](=O)[O-])ccc1-2. The predicted molar refractivity (Wildman–Crippen MR) is 156 cm³/mol. The third-order valence-corrected chi connectivity index (χ3v) is 7.46. The van der Waals surface area contributed by atoms with Crippen LogP contribution in [-0.2, 0) is 19.7 Å². The second-order valence-corrected chi connectivity index (χ2v) is 11.0. The summed E-state index contributed by atoms with van der Waals surface area (Å²) in [6, 6.07) is 10.5. The summed E-state index contributed by atoms with van der Waals surface area (Å²) in [6.45, 7) is 9.60. The second kappa shape index (κ2) is 13.6. The molecule has 0 saturated carbocycles. The van der Waals surface area contributed by atoms with Gasteiger partial charge in [-0.3, -0.25) is 29.5 Å². The molecule has 0 spiro atoms. The second-order valence-electron chi connectivity index (χ2n) is 11.0. The molecule has 0 radical (unpaired) electrons. The van der Waals surface area contributed by atoms with Gasteiger partial charge in [-0.2, -0.15) is 0 Å². The number of nitro groups is 1. The van der Waals surface area contributed by atoms with Gasteiger partial charge in [0.25, 0.3) is 5.69 Å². The molecule has 0 amide bonds. The molecule has 8 heteroatoms. The van der Waals surface area contributed by atoms with E-state index >= 15 is 0 Å². The minimum atomic E-state index is -0.502. The number of Topliss-reactive ketones (excluding diaryl/α,β-unsaturated/α-hetero) is 2. The molecule has 8 nitrogen and oxygen atoms in total. The smallest absolute Gasteiger partial charge is 0.306 e. The predicted octanol–water partition coefficient (Wildman–Crippen LogP) is 7.19. The number of hydrogen-bond donors (Lipinski definition) is 0. The summed E-state index contributed by atoms with van der Waals surface area (Å²) >= 11 is 0. The van der Waals surface area contributed by atoms with Crippen molar-refractivity contribution in [2.24, 2.45) is 4.99 Å². The van der Waals surface area contributed by atoms with E-state index in [1.165, 1.54) is 6.07 Å². The van der Waals surface area contributed by atoms with Gasteiger partial charge in [0.05, 0.1) is 29.7 Å². The number of carbonyl (C=O) groups is 3. The Morgan fingerprint density at radius 1 is 0.950 bits per heavy atom. The van der Waals surface area contributed by atoms with Gasteiger partial charge in [-0.25, -0.2) is 0 Å². The molecule has 0 aromatic heterocycles. The van der Waals surface area contributed by atoms with Crippen LogP contribution in [0.5, 0.6) is 0 Å².